The van der Waals surface area contributed by atoms with Gasteiger partial charge in [0.2, 0.25) is 0 Å². The largest absolute Gasteiger partial charge is 0.396 e. The van der Waals surface area contributed by atoms with Crippen LogP contribution in [0.1, 0.15) is 61.8 Å². The van der Waals surface area contributed by atoms with Gasteiger partial charge in [-0.25, -0.2) is 0 Å². The van der Waals surface area contributed by atoms with Crippen LogP contribution in [0.5, 0.6) is 0 Å². The molecule has 0 aliphatic heterocycles. The van der Waals surface area contributed by atoms with E-state index in [2.05, 4.69) is 95.2 Å². The van der Waals surface area contributed by atoms with Gasteiger partial charge in [-0.2, -0.15) is 0 Å². The molecule has 0 spiro atoms. The fourth-order valence-corrected chi connectivity index (χ4v) is 6.61. The predicted octanol–water partition coefficient (Wildman–Crippen LogP) is 10.4. The van der Waals surface area contributed by atoms with Gasteiger partial charge in [0.1, 0.15) is 0 Å². The smallest absolute Gasteiger partial charge is 0.0497 e. The summed E-state index contributed by atoms with van der Waals surface area (Å²) in [5.41, 5.74) is 14.8. The molecule has 3 atom stereocenters. The van der Waals surface area contributed by atoms with Gasteiger partial charge in [-0.1, -0.05) is 82.0 Å². The van der Waals surface area contributed by atoms with Crippen molar-refractivity contribution in [1.29, 1.82) is 0 Å². The zero-order valence-corrected chi connectivity index (χ0v) is 32.0. The lowest BCUT2D eigenvalue weighted by atomic mass is 9.87. The van der Waals surface area contributed by atoms with Crippen LogP contribution >= 0.6 is 0 Å². The zero-order valence-electron chi connectivity index (χ0n) is 32.0. The Kier molecular flexibility index (Phi) is 12.8. The lowest BCUT2D eigenvalue weighted by Crippen LogP contribution is -2.04. The van der Waals surface area contributed by atoms with Gasteiger partial charge >= 0.3 is 0 Å². The Labute approximate surface area is 325 Å². The first-order valence-electron chi connectivity index (χ1n) is 18.8. The molecular formula is C49H49N3O3. The van der Waals surface area contributed by atoms with Gasteiger partial charge < -0.3 is 15.3 Å². The molecule has 0 saturated carbocycles. The van der Waals surface area contributed by atoms with E-state index in [1.165, 1.54) is 0 Å². The average molecular weight is 728 g/mol. The van der Waals surface area contributed by atoms with Crippen LogP contribution in [0.4, 0.5) is 0 Å². The molecule has 0 bridgehead atoms. The molecule has 0 radical (unpaired) electrons. The van der Waals surface area contributed by atoms with Gasteiger partial charge in [0.05, 0.1) is 0 Å². The van der Waals surface area contributed by atoms with E-state index in [0.29, 0.717) is 0 Å². The molecule has 6 aromatic rings. The van der Waals surface area contributed by atoms with E-state index in [9.17, 15) is 15.3 Å². The second kappa shape index (κ2) is 18.0. The van der Waals surface area contributed by atoms with Gasteiger partial charge in [0.15, 0.2) is 0 Å². The lowest BCUT2D eigenvalue weighted by Gasteiger charge is -2.18. The van der Waals surface area contributed by atoms with Crippen LogP contribution < -0.4 is 0 Å². The number of allylic oxidation sites excluding steroid dienone is 4. The summed E-state index contributed by atoms with van der Waals surface area (Å²) in [4.78, 5) is 13.1. The summed E-state index contributed by atoms with van der Waals surface area (Å²) in [6.45, 7) is 12.7. The van der Waals surface area contributed by atoms with Crippen molar-refractivity contribution in [3.05, 3.63) is 175 Å². The maximum Gasteiger partial charge on any atom is 0.0497 e. The van der Waals surface area contributed by atoms with E-state index < -0.39 is 0 Å². The van der Waals surface area contributed by atoms with Gasteiger partial charge in [0.25, 0.3) is 0 Å². The Morgan fingerprint density at radius 1 is 0.545 bits per heavy atom. The molecule has 3 unspecified atom stereocenters. The first kappa shape index (κ1) is 38.9. The molecule has 278 valence electrons. The van der Waals surface area contributed by atoms with Crippen LogP contribution in [0.15, 0.2) is 152 Å². The number of rotatable bonds is 14. The van der Waals surface area contributed by atoms with Crippen molar-refractivity contribution in [3.63, 3.8) is 0 Å². The second-order valence-electron chi connectivity index (χ2n) is 14.5. The van der Waals surface area contributed by atoms with Crippen molar-refractivity contribution >= 4 is 11.1 Å². The van der Waals surface area contributed by atoms with Crippen molar-refractivity contribution in [1.82, 2.24) is 15.0 Å². The SMILES string of the molecule is C=C(/C=C(\C=C(/C)c1cccnc1)C(C)CO)c1cc(-c2cc(-c3cccnc3)cc(C(C)CO)c2)cc(-c2cc(-c3cccnc3)cc(C(C)CO)c2)c1. The van der Waals surface area contributed by atoms with Crippen molar-refractivity contribution in [2.75, 3.05) is 19.8 Å². The number of nitrogens with zero attached hydrogens (tertiary/aromatic N) is 3. The van der Waals surface area contributed by atoms with Crippen molar-refractivity contribution < 1.29 is 15.3 Å². The Hall–Kier alpha value is -5.79. The quantitative estimate of drug-likeness (QED) is 0.0966. The topological polar surface area (TPSA) is 99.4 Å². The third kappa shape index (κ3) is 9.48. The minimum Gasteiger partial charge on any atom is -0.396 e. The van der Waals surface area contributed by atoms with Crippen molar-refractivity contribution in [2.24, 2.45) is 5.92 Å². The molecule has 3 heterocycles. The van der Waals surface area contributed by atoms with Gasteiger partial charge in [-0.3, -0.25) is 15.0 Å². The van der Waals surface area contributed by atoms with Crippen LogP contribution in [0, 0.1) is 5.92 Å². The lowest BCUT2D eigenvalue weighted by molar-refractivity contribution is 0.258. The first-order valence-corrected chi connectivity index (χ1v) is 18.8. The molecule has 3 N–H and O–H groups in total. The third-order valence-electron chi connectivity index (χ3n) is 10.2. The molecule has 6 heteroatoms. The van der Waals surface area contributed by atoms with Crippen LogP contribution in [0.2, 0.25) is 0 Å². The van der Waals surface area contributed by atoms with Gasteiger partial charge in [-0.05, 0) is 128 Å². The van der Waals surface area contributed by atoms with Gasteiger partial charge in [0, 0.05) is 85.9 Å². The van der Waals surface area contributed by atoms with E-state index >= 15 is 0 Å². The number of aromatic nitrogens is 3. The summed E-state index contributed by atoms with van der Waals surface area (Å²) < 4.78 is 0. The fourth-order valence-electron chi connectivity index (χ4n) is 6.61. The molecule has 6 nitrogen and oxygen atoms in total. The average Bonchev–Trinajstić information content (AvgIpc) is 3.25. The Balaban J connectivity index is 1.58. The normalized spacial score (nSPS) is 13.7. The molecule has 0 fully saturated rings. The Morgan fingerprint density at radius 2 is 0.982 bits per heavy atom. The standard InChI is InChI=1S/C49H49N3O3/c1-32(37-9-6-12-50-26-37)15-40(34(3)29-53)16-33(2)41-17-46(48-21-42(35(4)30-54)19-44(23-48)38-10-7-13-51-27-38)25-47(18-41)49-22-43(36(5)31-55)20-45(24-49)39-11-8-14-52-28-39/h6-28,34-36,53-55H,2,29-31H2,1,3-5H3/b32-15+,40-16+. The predicted molar refractivity (Wildman–Crippen MR) is 226 cm³/mol. The summed E-state index contributed by atoms with van der Waals surface area (Å²) in [7, 11) is 0. The molecular weight excluding hydrogens is 679 g/mol. The maximum atomic E-state index is 10.3. The summed E-state index contributed by atoms with van der Waals surface area (Å²) in [6, 6.07) is 31.4. The van der Waals surface area contributed by atoms with Crippen molar-refractivity contribution in [3.8, 4) is 44.5 Å². The van der Waals surface area contributed by atoms with Crippen LogP contribution in [0.3, 0.4) is 0 Å². The zero-order chi connectivity index (χ0) is 38.9. The fraction of sp³-hybridized carbons (Fsp3) is 0.204. The first-order chi connectivity index (χ1) is 26.7. The summed E-state index contributed by atoms with van der Waals surface area (Å²) >= 11 is 0. The third-order valence-corrected chi connectivity index (χ3v) is 10.2. The monoisotopic (exact) mass is 727 g/mol. The Morgan fingerprint density at radius 3 is 1.38 bits per heavy atom. The van der Waals surface area contributed by atoms with Gasteiger partial charge in [-0.15, -0.1) is 0 Å². The van der Waals surface area contributed by atoms with E-state index in [0.717, 1.165) is 83.5 Å². The summed E-state index contributed by atoms with van der Waals surface area (Å²) in [5, 5.41) is 30.8. The van der Waals surface area contributed by atoms with E-state index in [4.69, 9.17) is 0 Å². The van der Waals surface area contributed by atoms with Crippen LogP contribution in [0.25, 0.3) is 55.7 Å². The van der Waals surface area contributed by atoms with E-state index in [1.54, 1.807) is 18.6 Å². The molecule has 6 rings (SSSR count). The van der Waals surface area contributed by atoms with Crippen molar-refractivity contribution in [2.45, 2.75) is 39.5 Å². The van der Waals surface area contributed by atoms with Crippen LogP contribution in [-0.4, -0.2) is 50.1 Å². The highest BCUT2D eigenvalue weighted by Gasteiger charge is 2.16. The molecule has 0 aliphatic rings. The summed E-state index contributed by atoms with van der Waals surface area (Å²) in [6.07, 6.45) is 15.0. The highest BCUT2D eigenvalue weighted by Crippen LogP contribution is 2.38. The number of pyridine rings is 3. The molecule has 55 heavy (non-hydrogen) atoms. The molecule has 3 aromatic carbocycles. The number of hydrogen-bond acceptors (Lipinski definition) is 6. The Bertz CT molecular complexity index is 2180. The van der Waals surface area contributed by atoms with E-state index in [-0.39, 0.29) is 37.6 Å². The summed E-state index contributed by atoms with van der Waals surface area (Å²) in [5.74, 6) is -0.289. The van der Waals surface area contributed by atoms with Crippen LogP contribution in [-0.2, 0) is 0 Å². The number of aliphatic hydroxyl groups excluding tert-OH is 3. The highest BCUT2D eigenvalue weighted by atomic mass is 16.3. The molecule has 0 aliphatic carbocycles. The number of benzene rings is 3. The number of aliphatic hydroxyl groups is 3. The highest BCUT2D eigenvalue weighted by molar-refractivity contribution is 5.86. The minimum absolute atomic E-state index is 0.0128. The maximum absolute atomic E-state index is 10.3. The molecule has 0 amide bonds. The minimum atomic E-state index is -0.136. The molecule has 0 saturated heterocycles. The second-order valence-corrected chi connectivity index (χ2v) is 14.5. The van der Waals surface area contributed by atoms with E-state index in [1.807, 2.05) is 75.8 Å². The molecule has 3 aromatic heterocycles. The number of hydrogen-bond donors (Lipinski definition) is 3.